The summed E-state index contributed by atoms with van der Waals surface area (Å²) in [7, 11) is 1.65. The number of nitrogens with zero attached hydrogens (tertiary/aromatic N) is 2. The van der Waals surface area contributed by atoms with Crippen LogP contribution in [0.5, 0.6) is 0 Å². The number of carbonyl (C=O) groups is 2. The Bertz CT molecular complexity index is 368. The van der Waals surface area contributed by atoms with Crippen molar-refractivity contribution in [3.05, 3.63) is 17.5 Å². The zero-order valence-electron chi connectivity index (χ0n) is 8.40. The Hall–Kier alpha value is -1.65. The number of hydrogen-bond donors (Lipinski definition) is 0. The third kappa shape index (κ3) is 1.99. The second-order valence-electron chi connectivity index (χ2n) is 2.84. The minimum absolute atomic E-state index is 0.0850. The zero-order valence-corrected chi connectivity index (χ0v) is 8.40. The van der Waals surface area contributed by atoms with E-state index in [2.05, 4.69) is 5.10 Å². The first-order valence-corrected chi connectivity index (χ1v) is 4.28. The molecule has 0 aliphatic heterocycles. The highest BCUT2D eigenvalue weighted by Gasteiger charge is 2.19. The van der Waals surface area contributed by atoms with Gasteiger partial charge in [-0.05, 0) is 13.8 Å². The number of hydrogen-bond acceptors (Lipinski definition) is 4. The van der Waals surface area contributed by atoms with Crippen molar-refractivity contribution in [1.82, 2.24) is 9.78 Å². The molecule has 14 heavy (non-hydrogen) atoms. The summed E-state index contributed by atoms with van der Waals surface area (Å²) in [5.41, 5.74) is 0.382. The molecule has 0 amide bonds. The highest BCUT2D eigenvalue weighted by Crippen LogP contribution is 2.08. The summed E-state index contributed by atoms with van der Waals surface area (Å²) in [6.45, 7) is 3.36. The van der Waals surface area contributed by atoms with E-state index < -0.39 is 5.97 Å². The Morgan fingerprint density at radius 2 is 2.21 bits per heavy atom. The van der Waals surface area contributed by atoms with E-state index in [0.717, 1.165) is 0 Å². The van der Waals surface area contributed by atoms with Crippen LogP contribution in [-0.4, -0.2) is 28.1 Å². The molecular weight excluding hydrogens is 184 g/mol. The highest BCUT2D eigenvalue weighted by molar-refractivity contribution is 6.03. The van der Waals surface area contributed by atoms with E-state index in [0.29, 0.717) is 5.56 Å². The van der Waals surface area contributed by atoms with Gasteiger partial charge in [-0.3, -0.25) is 9.48 Å². The second-order valence-corrected chi connectivity index (χ2v) is 2.84. The maximum Gasteiger partial charge on any atom is 0.359 e. The molecule has 0 fully saturated rings. The van der Waals surface area contributed by atoms with Crippen molar-refractivity contribution < 1.29 is 14.3 Å². The van der Waals surface area contributed by atoms with Gasteiger partial charge in [0.1, 0.15) is 0 Å². The largest absolute Gasteiger partial charge is 0.461 e. The van der Waals surface area contributed by atoms with E-state index in [9.17, 15) is 9.59 Å². The molecule has 0 aromatic carbocycles. The average Bonchev–Trinajstić information content (AvgIpc) is 2.48. The van der Waals surface area contributed by atoms with Crippen molar-refractivity contribution in [2.24, 2.45) is 7.05 Å². The third-order valence-corrected chi connectivity index (χ3v) is 1.68. The molecule has 1 heterocycles. The summed E-state index contributed by atoms with van der Waals surface area (Å²) in [6, 6.07) is 0. The quantitative estimate of drug-likeness (QED) is 0.530. The van der Waals surface area contributed by atoms with Gasteiger partial charge in [0.15, 0.2) is 11.5 Å². The van der Waals surface area contributed by atoms with E-state index in [1.807, 2.05) is 0 Å². The van der Waals surface area contributed by atoms with Crippen molar-refractivity contribution >= 4 is 11.8 Å². The van der Waals surface area contributed by atoms with E-state index in [-0.39, 0.29) is 18.1 Å². The van der Waals surface area contributed by atoms with Crippen LogP contribution in [0.3, 0.4) is 0 Å². The number of ether oxygens (including phenoxy) is 1. The fourth-order valence-electron chi connectivity index (χ4n) is 1.10. The van der Waals surface area contributed by atoms with Crippen LogP contribution >= 0.6 is 0 Å². The van der Waals surface area contributed by atoms with Crippen LogP contribution in [0.4, 0.5) is 0 Å². The number of ketones is 1. The monoisotopic (exact) mass is 196 g/mol. The number of carbonyl (C=O) groups excluding carboxylic acids is 2. The van der Waals surface area contributed by atoms with Crippen LogP contribution < -0.4 is 0 Å². The molecule has 0 atom stereocenters. The van der Waals surface area contributed by atoms with Crippen LogP contribution in [0.15, 0.2) is 6.20 Å². The molecular formula is C9H12N2O3. The van der Waals surface area contributed by atoms with Crippen molar-refractivity contribution in [3.63, 3.8) is 0 Å². The van der Waals surface area contributed by atoms with E-state index in [1.54, 1.807) is 14.0 Å². The van der Waals surface area contributed by atoms with Crippen LogP contribution in [0.2, 0.25) is 0 Å². The van der Waals surface area contributed by atoms with Crippen LogP contribution in [-0.2, 0) is 11.8 Å². The average molecular weight is 196 g/mol. The summed E-state index contributed by atoms with van der Waals surface area (Å²) >= 11 is 0. The first-order valence-electron chi connectivity index (χ1n) is 4.28. The Kier molecular flexibility index (Phi) is 3.01. The van der Waals surface area contributed by atoms with Gasteiger partial charge in [-0.15, -0.1) is 0 Å². The van der Waals surface area contributed by atoms with Gasteiger partial charge < -0.3 is 4.74 Å². The Morgan fingerprint density at radius 1 is 1.57 bits per heavy atom. The standard InChI is InChI=1S/C9H12N2O3/c1-4-14-9(13)8-7(6(2)12)5-11(3)10-8/h5H,4H2,1-3H3. The zero-order chi connectivity index (χ0) is 10.7. The summed E-state index contributed by atoms with van der Waals surface area (Å²) in [6.07, 6.45) is 1.51. The molecule has 1 aromatic rings. The minimum Gasteiger partial charge on any atom is -0.461 e. The molecule has 5 nitrogen and oxygen atoms in total. The van der Waals surface area contributed by atoms with Gasteiger partial charge in [-0.25, -0.2) is 4.79 Å². The van der Waals surface area contributed by atoms with Gasteiger partial charge >= 0.3 is 5.97 Å². The van der Waals surface area contributed by atoms with Crippen LogP contribution in [0.1, 0.15) is 34.7 Å². The number of rotatable bonds is 3. The van der Waals surface area contributed by atoms with Crippen molar-refractivity contribution in [2.75, 3.05) is 6.61 Å². The van der Waals surface area contributed by atoms with Gasteiger partial charge in [0.2, 0.25) is 0 Å². The molecule has 1 aromatic heterocycles. The normalized spacial score (nSPS) is 9.93. The van der Waals surface area contributed by atoms with Crippen molar-refractivity contribution in [2.45, 2.75) is 13.8 Å². The molecule has 76 valence electrons. The Balaban J connectivity index is 3.06. The summed E-state index contributed by atoms with van der Waals surface area (Å²) in [5.74, 6) is -0.751. The third-order valence-electron chi connectivity index (χ3n) is 1.68. The summed E-state index contributed by atoms with van der Waals surface area (Å²) in [5, 5.41) is 3.87. The molecule has 0 saturated carbocycles. The van der Waals surface area contributed by atoms with Crippen molar-refractivity contribution in [3.8, 4) is 0 Å². The number of esters is 1. The fourth-order valence-corrected chi connectivity index (χ4v) is 1.10. The predicted octanol–water partition coefficient (Wildman–Crippen LogP) is 0.799. The fraction of sp³-hybridized carbons (Fsp3) is 0.444. The molecule has 0 aliphatic carbocycles. The maximum atomic E-state index is 11.3. The second kappa shape index (κ2) is 4.04. The SMILES string of the molecule is CCOC(=O)c1nn(C)cc1C(C)=O. The number of aromatic nitrogens is 2. The molecule has 5 heteroatoms. The van der Waals surface area contributed by atoms with E-state index in [1.165, 1.54) is 17.8 Å². The first-order chi connectivity index (χ1) is 6.56. The molecule has 1 rings (SSSR count). The van der Waals surface area contributed by atoms with Gasteiger partial charge in [0, 0.05) is 13.2 Å². The summed E-state index contributed by atoms with van der Waals surface area (Å²) < 4.78 is 6.18. The van der Waals surface area contributed by atoms with Gasteiger partial charge in [-0.2, -0.15) is 5.10 Å². The predicted molar refractivity (Wildman–Crippen MR) is 49.2 cm³/mol. The lowest BCUT2D eigenvalue weighted by Gasteiger charge is -1.98. The molecule has 0 N–H and O–H groups in total. The highest BCUT2D eigenvalue weighted by atomic mass is 16.5. The minimum atomic E-state index is -0.557. The molecule has 0 spiro atoms. The molecule has 0 bridgehead atoms. The lowest BCUT2D eigenvalue weighted by atomic mass is 10.2. The smallest absolute Gasteiger partial charge is 0.359 e. The topological polar surface area (TPSA) is 61.2 Å². The van der Waals surface area contributed by atoms with E-state index in [4.69, 9.17) is 4.74 Å². The van der Waals surface area contributed by atoms with Crippen LogP contribution in [0, 0.1) is 0 Å². The summed E-state index contributed by atoms with van der Waals surface area (Å²) in [4.78, 5) is 22.5. The maximum absolute atomic E-state index is 11.3. The Morgan fingerprint density at radius 3 is 2.71 bits per heavy atom. The lowest BCUT2D eigenvalue weighted by Crippen LogP contribution is -2.10. The first kappa shape index (κ1) is 10.4. The van der Waals surface area contributed by atoms with E-state index >= 15 is 0 Å². The molecule has 0 aliphatic rings. The van der Waals surface area contributed by atoms with Crippen LogP contribution in [0.25, 0.3) is 0 Å². The van der Waals surface area contributed by atoms with Crippen molar-refractivity contribution in [1.29, 1.82) is 0 Å². The molecule has 0 radical (unpaired) electrons. The van der Waals surface area contributed by atoms with Gasteiger partial charge in [0.05, 0.1) is 12.2 Å². The number of Topliss-reactive ketones (excluding diaryl/α,β-unsaturated/α-hetero) is 1. The molecule has 0 saturated heterocycles. The number of aryl methyl sites for hydroxylation is 1. The Labute approximate surface area is 81.7 Å². The van der Waals surface area contributed by atoms with Gasteiger partial charge in [-0.1, -0.05) is 0 Å². The van der Waals surface area contributed by atoms with Gasteiger partial charge in [0.25, 0.3) is 0 Å². The lowest BCUT2D eigenvalue weighted by molar-refractivity contribution is 0.0515. The molecule has 0 unspecified atom stereocenters.